The molecule has 0 spiro atoms. The van der Waals surface area contributed by atoms with E-state index in [2.05, 4.69) is 39.4 Å². The van der Waals surface area contributed by atoms with Crippen LogP contribution in [0.1, 0.15) is 25.3 Å². The number of halogens is 1. The number of ether oxygens (including phenoxy) is 1. The fourth-order valence-corrected chi connectivity index (χ4v) is 2.57. The Hall–Kier alpha value is -2.29. The van der Waals surface area contributed by atoms with Crippen LogP contribution in [0.15, 0.2) is 66.3 Å². The van der Waals surface area contributed by atoms with E-state index in [9.17, 15) is 0 Å². The second-order valence-corrected chi connectivity index (χ2v) is 6.18. The van der Waals surface area contributed by atoms with E-state index in [0.717, 1.165) is 55.6 Å². The van der Waals surface area contributed by atoms with Crippen LogP contribution >= 0.6 is 24.0 Å². The first-order valence-corrected chi connectivity index (χ1v) is 9.82. The van der Waals surface area contributed by atoms with E-state index in [1.807, 2.05) is 42.5 Å². The van der Waals surface area contributed by atoms with E-state index in [1.54, 1.807) is 12.3 Å². The third-order valence-corrected chi connectivity index (χ3v) is 3.95. The van der Waals surface area contributed by atoms with Crippen molar-refractivity contribution in [1.82, 2.24) is 15.6 Å². The lowest BCUT2D eigenvalue weighted by Gasteiger charge is -2.13. The highest BCUT2D eigenvalue weighted by Gasteiger charge is 2.03. The number of benzene rings is 1. The number of aliphatic imine (C=N–C) groups is 1. The first-order chi connectivity index (χ1) is 13.8. The summed E-state index contributed by atoms with van der Waals surface area (Å²) in [6.07, 6.45) is 5.64. The van der Waals surface area contributed by atoms with Gasteiger partial charge >= 0.3 is 0 Å². The number of hydrogen-bond donors (Lipinski definition) is 3. The Morgan fingerprint density at radius 1 is 1.10 bits per heavy atom. The number of anilines is 1. The molecule has 158 valence electrons. The van der Waals surface area contributed by atoms with Gasteiger partial charge in [0.25, 0.3) is 0 Å². The van der Waals surface area contributed by atoms with Gasteiger partial charge in [-0.25, -0.2) is 9.98 Å². The zero-order chi connectivity index (χ0) is 19.9. The Kier molecular flexibility index (Phi) is 13.3. The molecule has 6 nitrogen and oxygen atoms in total. The van der Waals surface area contributed by atoms with Gasteiger partial charge in [0.15, 0.2) is 5.96 Å². The molecule has 0 unspecified atom stereocenters. The average molecular weight is 509 g/mol. The van der Waals surface area contributed by atoms with Crippen LogP contribution in [0.2, 0.25) is 0 Å². The van der Waals surface area contributed by atoms with Crippen molar-refractivity contribution in [2.75, 3.05) is 31.6 Å². The molecular formula is C22H32IN5O. The predicted molar refractivity (Wildman–Crippen MR) is 132 cm³/mol. The van der Waals surface area contributed by atoms with Crippen molar-refractivity contribution in [3.63, 3.8) is 0 Å². The van der Waals surface area contributed by atoms with E-state index in [0.29, 0.717) is 13.2 Å². The summed E-state index contributed by atoms with van der Waals surface area (Å²) in [6.45, 7) is 9.40. The van der Waals surface area contributed by atoms with Crippen molar-refractivity contribution in [3.8, 4) is 5.75 Å². The van der Waals surface area contributed by atoms with Crippen LogP contribution in [0.25, 0.3) is 0 Å². The minimum Gasteiger partial charge on any atom is -0.489 e. The average Bonchev–Trinajstić information content (AvgIpc) is 2.74. The molecule has 7 heteroatoms. The van der Waals surface area contributed by atoms with Crippen molar-refractivity contribution in [2.45, 2.75) is 26.3 Å². The number of nitrogens with one attached hydrogen (secondary N) is 3. The standard InChI is InChI=1S/C22H31N5O.HI/c1-3-17-28-20-12-6-5-11-19(20)18-27-22(23-4-2)26-16-10-9-15-25-21-13-7-8-14-24-21;/h3,5-8,11-14H,1,4,9-10,15-18H2,2H3,(H,24,25)(H2,23,26,27);1H. The minimum atomic E-state index is 0. The fourth-order valence-electron chi connectivity index (χ4n) is 2.57. The first-order valence-electron chi connectivity index (χ1n) is 9.82. The number of unbranched alkanes of at least 4 members (excludes halogenated alkanes) is 1. The summed E-state index contributed by atoms with van der Waals surface area (Å²) in [6, 6.07) is 13.8. The van der Waals surface area contributed by atoms with Crippen molar-refractivity contribution in [1.29, 1.82) is 0 Å². The molecule has 1 aromatic carbocycles. The monoisotopic (exact) mass is 509 g/mol. The molecule has 0 atom stereocenters. The Labute approximate surface area is 191 Å². The van der Waals surface area contributed by atoms with Crippen LogP contribution in [0, 0.1) is 0 Å². The molecule has 2 aromatic rings. The summed E-state index contributed by atoms with van der Waals surface area (Å²) in [5.74, 6) is 2.59. The molecular weight excluding hydrogens is 477 g/mol. The van der Waals surface area contributed by atoms with Crippen LogP contribution in [0.3, 0.4) is 0 Å². The second-order valence-electron chi connectivity index (χ2n) is 6.18. The lowest BCUT2D eigenvalue weighted by atomic mass is 10.2. The molecule has 0 aliphatic rings. The van der Waals surface area contributed by atoms with E-state index in [-0.39, 0.29) is 24.0 Å². The topological polar surface area (TPSA) is 70.6 Å². The molecule has 1 aromatic heterocycles. The van der Waals surface area contributed by atoms with Crippen LogP contribution in [-0.2, 0) is 6.54 Å². The SMILES string of the molecule is C=CCOc1ccccc1CN=C(NCC)NCCCCNc1ccccn1.I. The smallest absolute Gasteiger partial charge is 0.191 e. The molecule has 0 amide bonds. The molecule has 1 heterocycles. The third kappa shape index (κ3) is 10.2. The number of hydrogen-bond acceptors (Lipinski definition) is 4. The van der Waals surface area contributed by atoms with E-state index < -0.39 is 0 Å². The maximum absolute atomic E-state index is 5.70. The molecule has 0 fully saturated rings. The molecule has 0 radical (unpaired) electrons. The van der Waals surface area contributed by atoms with Crippen LogP contribution in [0.4, 0.5) is 5.82 Å². The van der Waals surface area contributed by atoms with Gasteiger partial charge in [0.1, 0.15) is 18.2 Å². The summed E-state index contributed by atoms with van der Waals surface area (Å²) in [7, 11) is 0. The van der Waals surface area contributed by atoms with Gasteiger partial charge in [0.05, 0.1) is 6.54 Å². The van der Waals surface area contributed by atoms with Gasteiger partial charge in [0.2, 0.25) is 0 Å². The predicted octanol–water partition coefficient (Wildman–Crippen LogP) is 4.21. The van der Waals surface area contributed by atoms with Gasteiger partial charge in [-0.1, -0.05) is 36.9 Å². The van der Waals surface area contributed by atoms with E-state index in [1.165, 1.54) is 0 Å². The highest BCUT2D eigenvalue weighted by Crippen LogP contribution is 2.18. The zero-order valence-corrected chi connectivity index (χ0v) is 19.4. The number of para-hydroxylation sites is 1. The van der Waals surface area contributed by atoms with Crippen LogP contribution < -0.4 is 20.7 Å². The minimum absolute atomic E-state index is 0. The van der Waals surface area contributed by atoms with Gasteiger partial charge in [-0.05, 0) is 38.0 Å². The third-order valence-electron chi connectivity index (χ3n) is 3.95. The van der Waals surface area contributed by atoms with Gasteiger partial charge in [-0.2, -0.15) is 0 Å². The Bertz CT molecular complexity index is 724. The molecule has 0 aliphatic heterocycles. The zero-order valence-electron chi connectivity index (χ0n) is 17.1. The largest absolute Gasteiger partial charge is 0.489 e. The molecule has 0 saturated heterocycles. The summed E-state index contributed by atoms with van der Waals surface area (Å²) in [5, 5.41) is 10.0. The van der Waals surface area contributed by atoms with Gasteiger partial charge < -0.3 is 20.7 Å². The molecule has 2 rings (SSSR count). The van der Waals surface area contributed by atoms with Crippen molar-refractivity contribution >= 4 is 35.8 Å². The fraction of sp³-hybridized carbons (Fsp3) is 0.364. The molecule has 0 bridgehead atoms. The molecule has 0 saturated carbocycles. The normalized spacial score (nSPS) is 10.6. The van der Waals surface area contributed by atoms with Crippen molar-refractivity contribution in [2.24, 2.45) is 4.99 Å². The second kappa shape index (κ2) is 15.6. The number of aromatic nitrogens is 1. The Morgan fingerprint density at radius 2 is 1.90 bits per heavy atom. The van der Waals surface area contributed by atoms with Crippen molar-refractivity contribution < 1.29 is 4.74 Å². The van der Waals surface area contributed by atoms with Gasteiger partial charge in [0, 0.05) is 31.4 Å². The maximum atomic E-state index is 5.70. The Morgan fingerprint density at radius 3 is 2.66 bits per heavy atom. The molecule has 29 heavy (non-hydrogen) atoms. The number of nitrogens with zero attached hydrogens (tertiary/aromatic N) is 2. The summed E-state index contributed by atoms with van der Waals surface area (Å²) in [4.78, 5) is 8.94. The quantitative estimate of drug-likeness (QED) is 0.132. The summed E-state index contributed by atoms with van der Waals surface area (Å²) < 4.78 is 5.70. The van der Waals surface area contributed by atoms with E-state index in [4.69, 9.17) is 4.74 Å². The first kappa shape index (κ1) is 24.7. The van der Waals surface area contributed by atoms with Gasteiger partial charge in [-0.3, -0.25) is 0 Å². The number of pyridine rings is 1. The van der Waals surface area contributed by atoms with Gasteiger partial charge in [-0.15, -0.1) is 24.0 Å². The van der Waals surface area contributed by atoms with Crippen LogP contribution in [-0.4, -0.2) is 37.2 Å². The number of rotatable bonds is 12. The van der Waals surface area contributed by atoms with Crippen LogP contribution in [0.5, 0.6) is 5.75 Å². The molecule has 0 aliphatic carbocycles. The Balaban J connectivity index is 0.00000420. The number of guanidine groups is 1. The highest BCUT2D eigenvalue weighted by molar-refractivity contribution is 14.0. The lowest BCUT2D eigenvalue weighted by molar-refractivity contribution is 0.359. The summed E-state index contributed by atoms with van der Waals surface area (Å²) in [5.41, 5.74) is 1.06. The van der Waals surface area contributed by atoms with E-state index >= 15 is 0 Å². The molecule has 3 N–H and O–H groups in total. The summed E-state index contributed by atoms with van der Waals surface area (Å²) >= 11 is 0. The lowest BCUT2D eigenvalue weighted by Crippen LogP contribution is -2.37. The van der Waals surface area contributed by atoms with Crippen molar-refractivity contribution in [3.05, 3.63) is 66.9 Å². The highest BCUT2D eigenvalue weighted by atomic mass is 127. The maximum Gasteiger partial charge on any atom is 0.191 e.